The van der Waals surface area contributed by atoms with Crippen LogP contribution >= 0.6 is 0 Å². The van der Waals surface area contributed by atoms with Gasteiger partial charge in [0.25, 0.3) is 0 Å². The minimum Gasteiger partial charge on any atom is -0.310 e. The van der Waals surface area contributed by atoms with Gasteiger partial charge in [-0.15, -0.1) is 0 Å². The van der Waals surface area contributed by atoms with Crippen molar-refractivity contribution >= 4 is 82.6 Å². The minimum absolute atomic E-state index is 0.158. The third-order valence-electron chi connectivity index (χ3n) is 14.9. The maximum Gasteiger partial charge on any atom is 0.0991 e. The van der Waals surface area contributed by atoms with Crippen molar-refractivity contribution in [1.29, 1.82) is 10.5 Å². The molecule has 0 bridgehead atoms. The van der Waals surface area contributed by atoms with E-state index in [0.717, 1.165) is 34.1 Å². The van der Waals surface area contributed by atoms with Gasteiger partial charge in [0.1, 0.15) is 0 Å². The van der Waals surface area contributed by atoms with Crippen molar-refractivity contribution in [2.24, 2.45) is 0 Å². The first-order chi connectivity index (χ1) is 33.0. The van der Waals surface area contributed by atoms with E-state index in [-0.39, 0.29) is 4.66 Å². The highest BCUT2D eigenvalue weighted by atomic mass is 28.4. The predicted molar refractivity (Wildman–Crippen MR) is 299 cm³/mol. The van der Waals surface area contributed by atoms with Gasteiger partial charge < -0.3 is 9.80 Å². The monoisotopic (exact) mass is 928 g/mol. The van der Waals surface area contributed by atoms with E-state index in [2.05, 4.69) is 235 Å². The maximum absolute atomic E-state index is 9.75. The molecule has 9 aromatic carbocycles. The zero-order valence-corrected chi connectivity index (χ0v) is 43.6. The largest absolute Gasteiger partial charge is 0.310 e. The van der Waals surface area contributed by atoms with Crippen LogP contribution in [0.4, 0.5) is 34.1 Å². The average Bonchev–Trinajstić information content (AvgIpc) is 3.69. The van der Waals surface area contributed by atoms with E-state index in [1.165, 1.54) is 65.7 Å². The fourth-order valence-corrected chi connectivity index (χ4v) is 25.1. The van der Waals surface area contributed by atoms with Crippen LogP contribution in [0.25, 0.3) is 43.4 Å². The molecule has 340 valence electrons. The molecule has 0 amide bonds. The number of benzene rings is 9. The Morgan fingerprint density at radius 2 is 0.826 bits per heavy atom. The average molecular weight is 929 g/mol. The number of nitrogens with zero attached hydrogens (tertiary/aromatic N) is 4. The summed E-state index contributed by atoms with van der Waals surface area (Å²) in [5.74, 6) is 0.855. The summed E-state index contributed by atoms with van der Waals surface area (Å²) in [4.78, 5) is 4.67. The minimum atomic E-state index is -2.18. The molecule has 0 heterocycles. The first-order valence-corrected chi connectivity index (χ1v) is 31.4. The Morgan fingerprint density at radius 1 is 0.406 bits per heavy atom. The van der Waals surface area contributed by atoms with E-state index in [4.69, 9.17) is 0 Å². The molecular weight excluding hydrogens is 869 g/mol. The van der Waals surface area contributed by atoms with Gasteiger partial charge in [-0.2, -0.15) is 10.5 Å². The van der Waals surface area contributed by atoms with E-state index in [9.17, 15) is 10.5 Å². The summed E-state index contributed by atoms with van der Waals surface area (Å²) in [6.45, 7) is 24.7. The zero-order chi connectivity index (χ0) is 48.6. The van der Waals surface area contributed by atoms with E-state index < -0.39 is 16.1 Å². The summed E-state index contributed by atoms with van der Waals surface area (Å²) >= 11 is 0. The van der Waals surface area contributed by atoms with Crippen LogP contribution in [-0.4, -0.2) is 16.1 Å². The quantitative estimate of drug-likeness (QED) is 0.101. The molecule has 0 spiro atoms. The highest BCUT2D eigenvalue weighted by molar-refractivity contribution is 7.00. The molecule has 0 saturated carbocycles. The molecular formula is C63H60N4Si2. The first-order valence-electron chi connectivity index (χ1n) is 24.4. The topological polar surface area (TPSA) is 54.1 Å². The Hall–Kier alpha value is -7.23. The molecule has 1 aliphatic rings. The normalized spacial score (nSPS) is 13.1. The van der Waals surface area contributed by atoms with Gasteiger partial charge in [0.05, 0.1) is 39.4 Å². The van der Waals surface area contributed by atoms with Gasteiger partial charge in [-0.1, -0.05) is 140 Å². The second kappa shape index (κ2) is 17.1. The third-order valence-corrected chi connectivity index (χ3v) is 24.9. The van der Waals surface area contributed by atoms with Crippen LogP contribution in [0.5, 0.6) is 0 Å². The number of hydrogen-bond acceptors (Lipinski definition) is 4. The van der Waals surface area contributed by atoms with Crippen molar-refractivity contribution in [3.05, 3.63) is 203 Å². The van der Waals surface area contributed by atoms with Gasteiger partial charge in [0, 0.05) is 38.8 Å². The van der Waals surface area contributed by atoms with E-state index in [1.54, 1.807) is 0 Å². The lowest BCUT2D eigenvalue weighted by molar-refractivity contribution is 0.866. The fourth-order valence-electron chi connectivity index (χ4n) is 12.1. The number of nitriles is 2. The Kier molecular flexibility index (Phi) is 11.3. The molecule has 0 radical (unpaired) electrons. The molecule has 0 aliphatic heterocycles. The Labute approximate surface area is 410 Å². The highest BCUT2D eigenvalue weighted by Gasteiger charge is 2.60. The van der Waals surface area contributed by atoms with Crippen LogP contribution in [0.1, 0.15) is 72.9 Å². The summed E-state index contributed by atoms with van der Waals surface area (Å²) in [6, 6.07) is 66.7. The number of hydrogen-bond donors (Lipinski definition) is 0. The summed E-state index contributed by atoms with van der Waals surface area (Å²) < 4.78 is -0.158. The van der Waals surface area contributed by atoms with Crippen molar-refractivity contribution in [3.8, 4) is 23.3 Å². The van der Waals surface area contributed by atoms with Crippen LogP contribution in [-0.2, 0) is 4.66 Å². The first kappa shape index (κ1) is 45.6. The van der Waals surface area contributed by atoms with Crippen molar-refractivity contribution in [1.82, 2.24) is 0 Å². The van der Waals surface area contributed by atoms with E-state index in [1.807, 2.05) is 24.3 Å². The molecule has 0 N–H and O–H groups in total. The van der Waals surface area contributed by atoms with Crippen molar-refractivity contribution < 1.29 is 0 Å². The van der Waals surface area contributed by atoms with Crippen LogP contribution in [0.2, 0.25) is 39.3 Å². The van der Waals surface area contributed by atoms with Crippen LogP contribution in [0, 0.1) is 22.7 Å². The molecule has 69 heavy (non-hydrogen) atoms. The molecule has 0 fully saturated rings. The Morgan fingerprint density at radius 3 is 1.28 bits per heavy atom. The van der Waals surface area contributed by atoms with Gasteiger partial charge in [-0.25, -0.2) is 0 Å². The van der Waals surface area contributed by atoms with Gasteiger partial charge in [-0.3, -0.25) is 0 Å². The zero-order valence-electron chi connectivity index (χ0n) is 41.6. The summed E-state index contributed by atoms with van der Waals surface area (Å²) in [5, 5.41) is 27.2. The lowest BCUT2D eigenvalue weighted by atomic mass is 9.91. The Bertz CT molecular complexity index is 3510. The SMILES string of the molecule is CC(C)c1ccc(N(c2ccc(C#N)cc2)c2ccc3c4c(ccc3c2)-c2c(c3ccc(N(c5ccc(C#N)cc5)c5ccc(C(C)C)cc5)cc3c3ccccc23)C4([Si](C)(C)C)[Si](C)(C)C)cc1. The van der Waals surface area contributed by atoms with E-state index >= 15 is 0 Å². The molecule has 9 aromatic rings. The fraction of sp³-hybridized carbons (Fsp3) is 0.206. The molecule has 10 rings (SSSR count). The second-order valence-electron chi connectivity index (χ2n) is 21.6. The van der Waals surface area contributed by atoms with E-state index in [0.29, 0.717) is 23.0 Å². The van der Waals surface area contributed by atoms with Crippen molar-refractivity contribution in [3.63, 3.8) is 0 Å². The lowest BCUT2D eigenvalue weighted by Gasteiger charge is -2.52. The molecule has 0 unspecified atom stereocenters. The van der Waals surface area contributed by atoms with Gasteiger partial charge in [0.15, 0.2) is 0 Å². The molecule has 0 atom stereocenters. The highest BCUT2D eigenvalue weighted by Crippen LogP contribution is 2.63. The summed E-state index contributed by atoms with van der Waals surface area (Å²) in [7, 11) is -4.35. The number of fused-ring (bicyclic) bond motifs is 10. The van der Waals surface area contributed by atoms with Crippen molar-refractivity contribution in [2.75, 3.05) is 9.80 Å². The second-order valence-corrected chi connectivity index (χ2v) is 32.6. The molecule has 0 aromatic heterocycles. The maximum atomic E-state index is 9.75. The van der Waals surface area contributed by atoms with Gasteiger partial charge in [0.2, 0.25) is 0 Å². The molecule has 1 aliphatic carbocycles. The lowest BCUT2D eigenvalue weighted by Crippen LogP contribution is -2.63. The van der Waals surface area contributed by atoms with Crippen molar-refractivity contribution in [2.45, 2.75) is 83.5 Å². The molecule has 6 heteroatoms. The van der Waals surface area contributed by atoms with Gasteiger partial charge in [-0.05, 0) is 175 Å². The number of rotatable bonds is 10. The van der Waals surface area contributed by atoms with Crippen LogP contribution in [0.3, 0.4) is 0 Å². The molecule has 0 saturated heterocycles. The van der Waals surface area contributed by atoms with Gasteiger partial charge >= 0.3 is 0 Å². The molecule has 4 nitrogen and oxygen atoms in total. The predicted octanol–water partition coefficient (Wildman–Crippen LogP) is 18.1. The van der Waals surface area contributed by atoms with Crippen LogP contribution in [0.15, 0.2) is 170 Å². The number of anilines is 6. The van der Waals surface area contributed by atoms with Crippen LogP contribution < -0.4 is 9.80 Å². The Balaban J connectivity index is 1.23. The standard InChI is InChI=1S/C63H60N4Si2/c1-41(2)45-19-28-50(29-20-45)66(48-24-15-43(39-64)16-25-48)52-32-35-54-47(37-52)23-34-58-60-56-14-12-11-13-55(56)59-38-53(33-36-57(59)62(60)63(61(54)58,68(5,6)7)69(8,9)10)67(49-26-17-44(40-65)18-27-49)51-30-21-46(22-31-51)42(3)4/h11-38,41-42H,1-10H3. The smallest absolute Gasteiger partial charge is 0.0991 e. The summed E-state index contributed by atoms with van der Waals surface area (Å²) in [6.07, 6.45) is 0. The summed E-state index contributed by atoms with van der Waals surface area (Å²) in [5.41, 5.74) is 16.0. The third kappa shape index (κ3) is 7.37.